The van der Waals surface area contributed by atoms with Crippen molar-refractivity contribution in [3.8, 4) is 0 Å². The molecular weight excluding hydrogens is 144 g/mol. The standard InChI is InChI=1S/C8H14O3/c9-7(8(10)11)6-4-2-1-3-5-6/h6-7,9H,1-5H2,(H,10,11)/t7-/m0/s1. The van der Waals surface area contributed by atoms with Crippen LogP contribution in [-0.4, -0.2) is 22.3 Å². The van der Waals surface area contributed by atoms with Gasteiger partial charge in [-0.25, -0.2) is 4.79 Å². The van der Waals surface area contributed by atoms with Crippen molar-refractivity contribution in [2.24, 2.45) is 5.92 Å². The van der Waals surface area contributed by atoms with E-state index in [1.807, 2.05) is 0 Å². The molecule has 0 heterocycles. The number of hydrogen-bond acceptors (Lipinski definition) is 2. The van der Waals surface area contributed by atoms with Crippen molar-refractivity contribution in [1.29, 1.82) is 0 Å². The van der Waals surface area contributed by atoms with E-state index in [1.54, 1.807) is 0 Å². The second-order valence-electron chi connectivity index (χ2n) is 3.18. The first-order valence-corrected chi connectivity index (χ1v) is 4.12. The normalized spacial score (nSPS) is 23.0. The van der Waals surface area contributed by atoms with Gasteiger partial charge in [0.25, 0.3) is 0 Å². The van der Waals surface area contributed by atoms with Crippen LogP contribution in [0.5, 0.6) is 0 Å². The smallest absolute Gasteiger partial charge is 0.332 e. The summed E-state index contributed by atoms with van der Waals surface area (Å²) in [7, 11) is 0. The molecule has 0 aromatic rings. The molecule has 0 saturated heterocycles. The Kier molecular flexibility index (Phi) is 2.88. The molecule has 64 valence electrons. The van der Waals surface area contributed by atoms with Crippen LogP contribution in [0.1, 0.15) is 32.1 Å². The summed E-state index contributed by atoms with van der Waals surface area (Å²) >= 11 is 0. The molecule has 0 spiro atoms. The van der Waals surface area contributed by atoms with Crippen molar-refractivity contribution in [3.05, 3.63) is 0 Å². The van der Waals surface area contributed by atoms with Crippen LogP contribution >= 0.6 is 0 Å². The average molecular weight is 158 g/mol. The molecular formula is C8H14O3. The first kappa shape index (κ1) is 8.53. The van der Waals surface area contributed by atoms with Crippen molar-refractivity contribution in [3.63, 3.8) is 0 Å². The monoisotopic (exact) mass is 158 g/mol. The maximum absolute atomic E-state index is 10.3. The zero-order valence-corrected chi connectivity index (χ0v) is 6.49. The van der Waals surface area contributed by atoms with Gasteiger partial charge in [0.05, 0.1) is 0 Å². The fourth-order valence-corrected chi connectivity index (χ4v) is 1.65. The number of hydrogen-bond donors (Lipinski definition) is 2. The van der Waals surface area contributed by atoms with E-state index in [1.165, 1.54) is 6.42 Å². The second kappa shape index (κ2) is 3.72. The van der Waals surface area contributed by atoms with Gasteiger partial charge in [0, 0.05) is 0 Å². The number of carboxylic acids is 1. The van der Waals surface area contributed by atoms with Crippen LogP contribution in [0.4, 0.5) is 0 Å². The van der Waals surface area contributed by atoms with Crippen LogP contribution in [0.3, 0.4) is 0 Å². The lowest BCUT2D eigenvalue weighted by Gasteiger charge is -2.23. The number of aliphatic hydroxyl groups is 1. The van der Waals surface area contributed by atoms with Crippen molar-refractivity contribution < 1.29 is 15.0 Å². The van der Waals surface area contributed by atoms with Gasteiger partial charge in [-0.1, -0.05) is 19.3 Å². The Balaban J connectivity index is 2.38. The zero-order chi connectivity index (χ0) is 8.27. The summed E-state index contributed by atoms with van der Waals surface area (Å²) in [6.07, 6.45) is 3.92. The van der Waals surface area contributed by atoms with Gasteiger partial charge in [-0.15, -0.1) is 0 Å². The van der Waals surface area contributed by atoms with Crippen molar-refractivity contribution in [2.75, 3.05) is 0 Å². The lowest BCUT2D eigenvalue weighted by atomic mass is 9.85. The molecule has 1 aliphatic carbocycles. The van der Waals surface area contributed by atoms with E-state index < -0.39 is 12.1 Å². The molecule has 0 aromatic heterocycles. The van der Waals surface area contributed by atoms with Gasteiger partial charge in [-0.3, -0.25) is 0 Å². The van der Waals surface area contributed by atoms with Crippen molar-refractivity contribution in [1.82, 2.24) is 0 Å². The summed E-state index contributed by atoms with van der Waals surface area (Å²) in [5.74, 6) is -1.07. The summed E-state index contributed by atoms with van der Waals surface area (Å²) in [5, 5.41) is 17.6. The van der Waals surface area contributed by atoms with Gasteiger partial charge in [-0.2, -0.15) is 0 Å². The Labute approximate surface area is 66.0 Å². The third-order valence-electron chi connectivity index (χ3n) is 2.35. The van der Waals surface area contributed by atoms with Crippen molar-refractivity contribution in [2.45, 2.75) is 38.2 Å². The molecule has 1 aliphatic rings. The number of aliphatic carboxylic acids is 1. The Morgan fingerprint density at radius 1 is 1.27 bits per heavy atom. The summed E-state index contributed by atoms with van der Waals surface area (Å²) in [6.45, 7) is 0. The molecule has 2 N–H and O–H groups in total. The number of rotatable bonds is 2. The Hall–Kier alpha value is -0.570. The van der Waals surface area contributed by atoms with E-state index in [9.17, 15) is 4.79 Å². The number of carbonyl (C=O) groups is 1. The fourth-order valence-electron chi connectivity index (χ4n) is 1.65. The molecule has 0 aliphatic heterocycles. The molecule has 1 rings (SSSR count). The zero-order valence-electron chi connectivity index (χ0n) is 6.49. The first-order valence-electron chi connectivity index (χ1n) is 4.12. The molecule has 3 nitrogen and oxygen atoms in total. The van der Waals surface area contributed by atoms with Crippen molar-refractivity contribution >= 4 is 5.97 Å². The third kappa shape index (κ3) is 2.19. The molecule has 0 aromatic carbocycles. The van der Waals surface area contributed by atoms with Crippen LogP contribution in [0.25, 0.3) is 0 Å². The molecule has 0 unspecified atom stereocenters. The molecule has 0 amide bonds. The molecule has 0 bridgehead atoms. The summed E-state index contributed by atoms with van der Waals surface area (Å²) < 4.78 is 0. The molecule has 0 radical (unpaired) electrons. The number of carboxylic acid groups (broad SMARTS) is 1. The van der Waals surface area contributed by atoms with E-state index >= 15 is 0 Å². The molecule has 1 saturated carbocycles. The summed E-state index contributed by atoms with van der Waals surface area (Å²) in [5.41, 5.74) is 0. The van der Waals surface area contributed by atoms with Gasteiger partial charge < -0.3 is 10.2 Å². The minimum Gasteiger partial charge on any atom is -0.479 e. The third-order valence-corrected chi connectivity index (χ3v) is 2.35. The largest absolute Gasteiger partial charge is 0.479 e. The molecule has 1 fully saturated rings. The Morgan fingerprint density at radius 3 is 2.27 bits per heavy atom. The van der Waals surface area contributed by atoms with E-state index in [0.29, 0.717) is 0 Å². The van der Waals surface area contributed by atoms with Crippen LogP contribution in [0.2, 0.25) is 0 Å². The second-order valence-corrected chi connectivity index (χ2v) is 3.18. The fraction of sp³-hybridized carbons (Fsp3) is 0.875. The van der Waals surface area contributed by atoms with Gasteiger partial charge in [-0.05, 0) is 18.8 Å². The SMILES string of the molecule is O=C(O)[C@@H](O)C1CCCCC1. The highest BCUT2D eigenvalue weighted by Gasteiger charge is 2.26. The van der Waals surface area contributed by atoms with Gasteiger partial charge in [0.1, 0.15) is 0 Å². The minimum atomic E-state index is -1.13. The van der Waals surface area contributed by atoms with Crippen LogP contribution < -0.4 is 0 Å². The predicted octanol–water partition coefficient (Wildman–Crippen LogP) is 1.01. The van der Waals surface area contributed by atoms with Gasteiger partial charge in [0.2, 0.25) is 0 Å². The molecule has 11 heavy (non-hydrogen) atoms. The quantitative estimate of drug-likeness (QED) is 0.630. The van der Waals surface area contributed by atoms with Gasteiger partial charge >= 0.3 is 5.97 Å². The van der Waals surface area contributed by atoms with E-state index in [4.69, 9.17) is 10.2 Å². The maximum atomic E-state index is 10.3. The maximum Gasteiger partial charge on any atom is 0.332 e. The Morgan fingerprint density at radius 2 is 1.82 bits per heavy atom. The molecule has 1 atom stereocenters. The molecule has 3 heteroatoms. The lowest BCUT2D eigenvalue weighted by molar-refractivity contribution is -0.150. The minimum absolute atomic E-state index is 0.00116. The first-order chi connectivity index (χ1) is 5.22. The van der Waals surface area contributed by atoms with E-state index in [2.05, 4.69) is 0 Å². The Bertz CT molecular complexity index is 138. The van der Waals surface area contributed by atoms with Gasteiger partial charge in [0.15, 0.2) is 6.10 Å². The highest BCUT2D eigenvalue weighted by molar-refractivity contribution is 5.72. The highest BCUT2D eigenvalue weighted by Crippen LogP contribution is 2.26. The predicted molar refractivity (Wildman–Crippen MR) is 40.2 cm³/mol. The summed E-state index contributed by atoms with van der Waals surface area (Å²) in [6, 6.07) is 0. The van der Waals surface area contributed by atoms with Crippen LogP contribution in [0, 0.1) is 5.92 Å². The van der Waals surface area contributed by atoms with E-state index in [0.717, 1.165) is 25.7 Å². The summed E-state index contributed by atoms with van der Waals surface area (Å²) in [4.78, 5) is 10.3. The topological polar surface area (TPSA) is 57.5 Å². The highest BCUT2D eigenvalue weighted by atomic mass is 16.4. The average Bonchev–Trinajstić information content (AvgIpc) is 2.05. The van der Waals surface area contributed by atoms with E-state index in [-0.39, 0.29) is 5.92 Å². The lowest BCUT2D eigenvalue weighted by Crippen LogP contribution is -2.30. The van der Waals surface area contributed by atoms with Crippen LogP contribution in [0.15, 0.2) is 0 Å². The number of aliphatic hydroxyl groups excluding tert-OH is 1. The van der Waals surface area contributed by atoms with Crippen LogP contribution in [-0.2, 0) is 4.79 Å².